The first-order valence-electron chi connectivity index (χ1n) is 25.7. The van der Waals surface area contributed by atoms with Gasteiger partial charge in [-0.2, -0.15) is 0 Å². The van der Waals surface area contributed by atoms with E-state index in [0.717, 1.165) is 40.3 Å². The van der Waals surface area contributed by atoms with Crippen LogP contribution in [-0.2, 0) is 11.8 Å². The van der Waals surface area contributed by atoms with Gasteiger partial charge in [-0.25, -0.2) is 0 Å². The Balaban J connectivity index is 0.981. The quantitative estimate of drug-likeness (QED) is 0.133. The van der Waals surface area contributed by atoms with E-state index in [1.54, 1.807) is 0 Å². The van der Waals surface area contributed by atoms with E-state index in [4.69, 9.17) is 4.42 Å². The fraction of sp³-hybridized carbons (Fsp3) is 0.0556. The van der Waals surface area contributed by atoms with Crippen molar-refractivity contribution in [3.05, 3.63) is 312 Å². The number of benzene rings is 12. The van der Waals surface area contributed by atoms with Crippen molar-refractivity contribution in [2.24, 2.45) is 0 Å². The molecule has 0 bridgehead atoms. The number of hydrogen-bond acceptors (Lipinski definition) is 1. The number of fused-ring (bicyclic) bond motifs is 8. The summed E-state index contributed by atoms with van der Waals surface area (Å²) in [5.74, 6) is 0.129. The van der Waals surface area contributed by atoms with Gasteiger partial charge in [0.25, 0.3) is 0 Å². The second-order valence-electron chi connectivity index (χ2n) is 19.8. The summed E-state index contributed by atoms with van der Waals surface area (Å²) >= 11 is 0. The standard InChI is InChI=1S/C72H50O/c1-3-18-49(19-4-1)50-41-43-56(44-42-50)72(55-24-5-2-6-25-55)67-34-13-11-29-65(67)70-66(64-33-17-32-63-62-28-12-14-35-69(62)73-71(63)64)46-48(47-68(70)72)36-45-60(61-31-16-23-52-21-8-10-27-59(52)61)54-39-37-53(38-40-54)58-30-15-22-51-20-7-9-26-57(51)58/h1-35,37-44,46-47,60H,36,45H2. The summed E-state index contributed by atoms with van der Waals surface area (Å²) in [5, 5.41) is 7.36. The molecule has 0 amide bonds. The van der Waals surface area contributed by atoms with Gasteiger partial charge in [0, 0.05) is 22.3 Å². The predicted molar refractivity (Wildman–Crippen MR) is 305 cm³/mol. The summed E-state index contributed by atoms with van der Waals surface area (Å²) in [6.07, 6.45) is 1.76. The molecule has 13 aromatic rings. The Kier molecular flexibility index (Phi) is 10.4. The molecule has 0 fully saturated rings. The molecule has 1 aromatic heterocycles. The largest absolute Gasteiger partial charge is 0.455 e. The van der Waals surface area contributed by atoms with Crippen molar-refractivity contribution < 1.29 is 4.42 Å². The maximum atomic E-state index is 6.92. The third-order valence-electron chi connectivity index (χ3n) is 15.9. The van der Waals surface area contributed by atoms with Crippen LogP contribution < -0.4 is 0 Å². The first-order chi connectivity index (χ1) is 36.2. The van der Waals surface area contributed by atoms with Gasteiger partial charge in [-0.3, -0.25) is 0 Å². The molecular weight excluding hydrogens is 881 g/mol. The van der Waals surface area contributed by atoms with Gasteiger partial charge in [-0.05, 0) is 118 Å². The molecule has 344 valence electrons. The van der Waals surface area contributed by atoms with Gasteiger partial charge in [-0.15, -0.1) is 0 Å². The van der Waals surface area contributed by atoms with Crippen LogP contribution in [0, 0.1) is 0 Å². The van der Waals surface area contributed by atoms with E-state index >= 15 is 0 Å². The first-order valence-corrected chi connectivity index (χ1v) is 25.7. The molecule has 0 spiro atoms. The van der Waals surface area contributed by atoms with Crippen LogP contribution in [0.1, 0.15) is 51.3 Å². The molecule has 0 N–H and O–H groups in total. The van der Waals surface area contributed by atoms with E-state index in [2.05, 4.69) is 273 Å². The van der Waals surface area contributed by atoms with Crippen molar-refractivity contribution in [1.29, 1.82) is 0 Å². The van der Waals surface area contributed by atoms with Crippen molar-refractivity contribution in [3.63, 3.8) is 0 Å². The van der Waals surface area contributed by atoms with E-state index in [0.29, 0.717) is 0 Å². The lowest BCUT2D eigenvalue weighted by Crippen LogP contribution is -2.28. The SMILES string of the molecule is c1ccc(-c2ccc(C3(c4ccccc4)c4ccccc4-c4c(-c5cccc6c5oc5ccccc56)cc(CCC(c5ccc(-c6cccc7ccccc67)cc5)c5cccc6ccccc56)cc43)cc2)cc1. The molecule has 1 nitrogen and oxygen atoms in total. The van der Waals surface area contributed by atoms with Crippen LogP contribution in [0.15, 0.2) is 277 Å². The van der Waals surface area contributed by atoms with E-state index < -0.39 is 5.41 Å². The number of furan rings is 1. The van der Waals surface area contributed by atoms with E-state index in [9.17, 15) is 0 Å². The van der Waals surface area contributed by atoms with Gasteiger partial charge in [0.1, 0.15) is 11.2 Å². The van der Waals surface area contributed by atoms with Crippen LogP contribution in [0.25, 0.3) is 88.0 Å². The Bertz CT molecular complexity index is 4170. The molecule has 73 heavy (non-hydrogen) atoms. The average molecular weight is 931 g/mol. The Morgan fingerprint density at radius 1 is 0.356 bits per heavy atom. The highest BCUT2D eigenvalue weighted by molar-refractivity contribution is 6.11. The van der Waals surface area contributed by atoms with Gasteiger partial charge >= 0.3 is 0 Å². The van der Waals surface area contributed by atoms with Crippen molar-refractivity contribution in [2.75, 3.05) is 0 Å². The molecular formula is C72H50O. The molecule has 1 heterocycles. The lowest BCUT2D eigenvalue weighted by atomic mass is 9.67. The zero-order valence-corrected chi connectivity index (χ0v) is 40.4. The van der Waals surface area contributed by atoms with Gasteiger partial charge < -0.3 is 4.42 Å². The van der Waals surface area contributed by atoms with Crippen LogP contribution in [0.5, 0.6) is 0 Å². The van der Waals surface area contributed by atoms with Gasteiger partial charge in [0.15, 0.2) is 0 Å². The number of aryl methyl sites for hydroxylation is 1. The summed E-state index contributed by atoms with van der Waals surface area (Å²) in [6, 6.07) is 101. The minimum atomic E-state index is -0.610. The molecule has 14 rings (SSSR count). The summed E-state index contributed by atoms with van der Waals surface area (Å²) in [6.45, 7) is 0. The molecule has 12 aromatic carbocycles. The monoisotopic (exact) mass is 930 g/mol. The summed E-state index contributed by atoms with van der Waals surface area (Å²) in [7, 11) is 0. The average Bonchev–Trinajstić information content (AvgIpc) is 4.02. The second-order valence-corrected chi connectivity index (χ2v) is 19.8. The lowest BCUT2D eigenvalue weighted by Gasteiger charge is -2.34. The summed E-state index contributed by atoms with van der Waals surface area (Å²) in [5.41, 5.74) is 20.0. The molecule has 0 aliphatic heterocycles. The smallest absolute Gasteiger partial charge is 0.143 e. The van der Waals surface area contributed by atoms with E-state index in [-0.39, 0.29) is 5.92 Å². The normalized spacial score (nSPS) is 14.4. The third-order valence-corrected chi connectivity index (χ3v) is 15.9. The van der Waals surface area contributed by atoms with Crippen LogP contribution >= 0.6 is 0 Å². The molecule has 2 unspecified atom stereocenters. The topological polar surface area (TPSA) is 13.1 Å². The Morgan fingerprint density at radius 3 is 1.73 bits per heavy atom. The zero-order valence-electron chi connectivity index (χ0n) is 40.4. The third kappa shape index (κ3) is 7.07. The van der Waals surface area contributed by atoms with Crippen LogP contribution in [-0.4, -0.2) is 0 Å². The van der Waals surface area contributed by atoms with Gasteiger partial charge in [0.05, 0.1) is 5.41 Å². The molecule has 1 aliphatic rings. The highest BCUT2D eigenvalue weighted by Crippen LogP contribution is 2.59. The zero-order chi connectivity index (χ0) is 48.3. The Labute approximate surface area is 426 Å². The maximum Gasteiger partial charge on any atom is 0.143 e. The van der Waals surface area contributed by atoms with E-state index in [1.165, 1.54) is 99.4 Å². The molecule has 0 saturated heterocycles. The minimum absolute atomic E-state index is 0.129. The lowest BCUT2D eigenvalue weighted by molar-refractivity contribution is 0.670. The van der Waals surface area contributed by atoms with Crippen LogP contribution in [0.3, 0.4) is 0 Å². The molecule has 0 saturated carbocycles. The Hall–Kier alpha value is -9.04. The first kappa shape index (κ1) is 42.8. The molecule has 1 heteroatoms. The fourth-order valence-electron chi connectivity index (χ4n) is 12.5. The molecule has 2 atom stereocenters. The predicted octanol–water partition coefficient (Wildman–Crippen LogP) is 19.0. The van der Waals surface area contributed by atoms with Crippen LogP contribution in [0.4, 0.5) is 0 Å². The minimum Gasteiger partial charge on any atom is -0.455 e. The van der Waals surface area contributed by atoms with Gasteiger partial charge in [0.2, 0.25) is 0 Å². The highest BCUT2D eigenvalue weighted by Gasteiger charge is 2.47. The fourth-order valence-corrected chi connectivity index (χ4v) is 12.5. The van der Waals surface area contributed by atoms with Crippen molar-refractivity contribution in [3.8, 4) is 44.5 Å². The van der Waals surface area contributed by atoms with Crippen molar-refractivity contribution in [2.45, 2.75) is 24.2 Å². The number of hydrogen-bond donors (Lipinski definition) is 0. The van der Waals surface area contributed by atoms with Crippen LogP contribution in [0.2, 0.25) is 0 Å². The summed E-state index contributed by atoms with van der Waals surface area (Å²) in [4.78, 5) is 0. The maximum absolute atomic E-state index is 6.92. The number of para-hydroxylation sites is 2. The van der Waals surface area contributed by atoms with Crippen molar-refractivity contribution in [1.82, 2.24) is 0 Å². The summed E-state index contributed by atoms with van der Waals surface area (Å²) < 4.78 is 6.92. The highest BCUT2D eigenvalue weighted by atomic mass is 16.3. The second kappa shape index (κ2) is 17.7. The van der Waals surface area contributed by atoms with Crippen molar-refractivity contribution >= 4 is 43.5 Å². The molecule has 0 radical (unpaired) electrons. The van der Waals surface area contributed by atoms with Gasteiger partial charge in [-0.1, -0.05) is 267 Å². The molecule has 1 aliphatic carbocycles. The number of rotatable bonds is 10. The Morgan fingerprint density at radius 2 is 0.918 bits per heavy atom. The van der Waals surface area contributed by atoms with E-state index in [1.807, 2.05) is 0 Å².